The summed E-state index contributed by atoms with van der Waals surface area (Å²) in [7, 11) is 0. The first kappa shape index (κ1) is 8.71. The first-order valence-corrected chi connectivity index (χ1v) is 4.07. The van der Waals surface area contributed by atoms with Crippen molar-refractivity contribution in [3.63, 3.8) is 0 Å². The Balaban J connectivity index is 2.43. The topological polar surface area (TPSA) is 80.2 Å². The van der Waals surface area contributed by atoms with Gasteiger partial charge in [0.25, 0.3) is 0 Å². The Bertz CT molecular complexity index is 412. The van der Waals surface area contributed by atoms with Crippen molar-refractivity contribution in [2.45, 2.75) is 5.66 Å². The molecule has 1 aromatic rings. The predicted molar refractivity (Wildman–Crippen MR) is 50.8 cm³/mol. The first-order valence-electron chi connectivity index (χ1n) is 4.07. The molecule has 14 heavy (non-hydrogen) atoms. The predicted octanol–water partition coefficient (Wildman–Crippen LogP) is 0.710. The fourth-order valence-electron chi connectivity index (χ4n) is 1.23. The van der Waals surface area contributed by atoms with Gasteiger partial charge in [0, 0.05) is 5.56 Å². The first-order chi connectivity index (χ1) is 6.76. The molecular formula is C9H8N4O. The van der Waals surface area contributed by atoms with E-state index in [1.54, 1.807) is 12.1 Å². The van der Waals surface area contributed by atoms with Gasteiger partial charge in [0.1, 0.15) is 5.71 Å². The summed E-state index contributed by atoms with van der Waals surface area (Å²) in [5.41, 5.74) is 5.40. The standard InChI is InChI=1S/C9H8N4O/c10-9(6-14)8(11-13-12-9)7-4-2-1-3-5-7/h1-6H,10H2. The number of hydrogen-bond acceptors (Lipinski definition) is 5. The molecule has 1 heterocycles. The van der Waals surface area contributed by atoms with Gasteiger partial charge >= 0.3 is 0 Å². The molecule has 70 valence electrons. The van der Waals surface area contributed by atoms with Crippen molar-refractivity contribution in [2.24, 2.45) is 21.2 Å². The summed E-state index contributed by atoms with van der Waals surface area (Å²) in [4.78, 5) is 10.8. The number of nitrogens with two attached hydrogens (primary N) is 1. The van der Waals surface area contributed by atoms with E-state index in [2.05, 4.69) is 15.4 Å². The van der Waals surface area contributed by atoms with Gasteiger partial charge in [-0.1, -0.05) is 30.3 Å². The van der Waals surface area contributed by atoms with Crippen LogP contribution in [0.5, 0.6) is 0 Å². The molecule has 5 nitrogen and oxygen atoms in total. The van der Waals surface area contributed by atoms with Gasteiger partial charge in [-0.2, -0.15) is 0 Å². The van der Waals surface area contributed by atoms with Crippen molar-refractivity contribution in [1.82, 2.24) is 0 Å². The molecule has 1 aromatic carbocycles. The minimum atomic E-state index is -1.42. The maximum Gasteiger partial charge on any atom is 0.232 e. The van der Waals surface area contributed by atoms with Gasteiger partial charge in [0.2, 0.25) is 5.66 Å². The highest BCUT2D eigenvalue weighted by atomic mass is 16.1. The van der Waals surface area contributed by atoms with Crippen LogP contribution < -0.4 is 5.73 Å². The summed E-state index contributed by atoms with van der Waals surface area (Å²) in [6.45, 7) is 0. The largest absolute Gasteiger partial charge is 0.299 e. The average molecular weight is 188 g/mol. The van der Waals surface area contributed by atoms with Crippen LogP contribution in [-0.2, 0) is 4.79 Å². The number of rotatable bonds is 2. The Morgan fingerprint density at radius 3 is 2.64 bits per heavy atom. The molecule has 0 spiro atoms. The van der Waals surface area contributed by atoms with E-state index in [9.17, 15) is 4.79 Å². The number of nitrogens with zero attached hydrogens (tertiary/aromatic N) is 3. The van der Waals surface area contributed by atoms with E-state index < -0.39 is 5.66 Å². The van der Waals surface area contributed by atoms with Crippen LogP contribution in [0.2, 0.25) is 0 Å². The maximum atomic E-state index is 10.8. The van der Waals surface area contributed by atoms with Crippen LogP contribution in [0.4, 0.5) is 0 Å². The molecule has 1 aliphatic rings. The normalized spacial score (nSPS) is 24.8. The van der Waals surface area contributed by atoms with E-state index in [1.165, 1.54) is 0 Å². The van der Waals surface area contributed by atoms with E-state index in [1.807, 2.05) is 18.2 Å². The van der Waals surface area contributed by atoms with Gasteiger partial charge in [-0.25, -0.2) is 0 Å². The van der Waals surface area contributed by atoms with Gasteiger partial charge in [-0.3, -0.25) is 10.5 Å². The van der Waals surface area contributed by atoms with E-state index in [0.717, 1.165) is 5.56 Å². The lowest BCUT2D eigenvalue weighted by molar-refractivity contribution is -0.110. The van der Waals surface area contributed by atoms with E-state index in [4.69, 9.17) is 5.73 Å². The van der Waals surface area contributed by atoms with Gasteiger partial charge < -0.3 is 0 Å². The van der Waals surface area contributed by atoms with Crippen LogP contribution in [0.25, 0.3) is 0 Å². The lowest BCUT2D eigenvalue weighted by Gasteiger charge is -2.13. The summed E-state index contributed by atoms with van der Waals surface area (Å²) in [6, 6.07) is 9.15. The molecular weight excluding hydrogens is 180 g/mol. The van der Waals surface area contributed by atoms with E-state index in [-0.39, 0.29) is 0 Å². The number of aldehydes is 1. The monoisotopic (exact) mass is 188 g/mol. The molecule has 0 bridgehead atoms. The summed E-state index contributed by atoms with van der Waals surface area (Å²) >= 11 is 0. The zero-order valence-corrected chi connectivity index (χ0v) is 7.29. The molecule has 0 amide bonds. The van der Waals surface area contributed by atoms with Crippen molar-refractivity contribution in [2.75, 3.05) is 0 Å². The van der Waals surface area contributed by atoms with Crippen molar-refractivity contribution in [3.05, 3.63) is 35.9 Å². The highest BCUT2D eigenvalue weighted by Gasteiger charge is 2.35. The van der Waals surface area contributed by atoms with Crippen LogP contribution in [0, 0.1) is 0 Å². The van der Waals surface area contributed by atoms with Gasteiger partial charge in [-0.15, -0.1) is 10.2 Å². The molecule has 0 saturated heterocycles. The average Bonchev–Trinajstić information content (AvgIpc) is 2.63. The van der Waals surface area contributed by atoms with Crippen LogP contribution in [0.15, 0.2) is 45.8 Å². The molecule has 0 radical (unpaired) electrons. The smallest absolute Gasteiger partial charge is 0.232 e. The molecule has 2 rings (SSSR count). The van der Waals surface area contributed by atoms with Crippen molar-refractivity contribution in [3.8, 4) is 0 Å². The number of benzene rings is 1. The molecule has 1 aliphatic heterocycles. The second-order valence-electron chi connectivity index (χ2n) is 2.95. The highest BCUT2D eigenvalue weighted by Crippen LogP contribution is 2.17. The zero-order valence-electron chi connectivity index (χ0n) is 7.29. The Morgan fingerprint density at radius 2 is 2.00 bits per heavy atom. The van der Waals surface area contributed by atoms with Crippen molar-refractivity contribution >= 4 is 12.0 Å². The van der Waals surface area contributed by atoms with Crippen molar-refractivity contribution < 1.29 is 4.79 Å². The zero-order chi connectivity index (χ0) is 10.0. The molecule has 0 fully saturated rings. The van der Waals surface area contributed by atoms with E-state index >= 15 is 0 Å². The Hall–Kier alpha value is -1.88. The fraction of sp³-hybridized carbons (Fsp3) is 0.111. The summed E-state index contributed by atoms with van der Waals surface area (Å²) < 4.78 is 0. The molecule has 0 aliphatic carbocycles. The lowest BCUT2D eigenvalue weighted by atomic mass is 10.0. The van der Waals surface area contributed by atoms with Gasteiger partial charge in [0.05, 0.1) is 0 Å². The van der Waals surface area contributed by atoms with E-state index in [0.29, 0.717) is 12.0 Å². The van der Waals surface area contributed by atoms with Crippen molar-refractivity contribution in [1.29, 1.82) is 0 Å². The van der Waals surface area contributed by atoms with Crippen LogP contribution in [-0.4, -0.2) is 17.7 Å². The fourth-order valence-corrected chi connectivity index (χ4v) is 1.23. The van der Waals surface area contributed by atoms with Gasteiger partial charge in [-0.05, 0) is 5.22 Å². The quantitative estimate of drug-likeness (QED) is 0.693. The molecule has 0 saturated carbocycles. The molecule has 2 N–H and O–H groups in total. The minimum Gasteiger partial charge on any atom is -0.299 e. The van der Waals surface area contributed by atoms with Crippen LogP contribution in [0.1, 0.15) is 5.56 Å². The minimum absolute atomic E-state index is 0.383. The third kappa shape index (κ3) is 1.23. The molecule has 5 heteroatoms. The highest BCUT2D eigenvalue weighted by molar-refractivity contribution is 6.16. The number of carbonyl (C=O) groups is 1. The van der Waals surface area contributed by atoms with Crippen LogP contribution in [0.3, 0.4) is 0 Å². The third-order valence-corrected chi connectivity index (χ3v) is 1.96. The summed E-state index contributed by atoms with van der Waals surface area (Å²) in [5.74, 6) is 0. The third-order valence-electron chi connectivity index (χ3n) is 1.96. The summed E-state index contributed by atoms with van der Waals surface area (Å²) in [6.07, 6.45) is 0.537. The Labute approximate surface area is 80.3 Å². The van der Waals surface area contributed by atoms with Crippen LogP contribution >= 0.6 is 0 Å². The molecule has 1 unspecified atom stereocenters. The molecule has 1 atom stereocenters. The summed E-state index contributed by atoms with van der Waals surface area (Å²) in [5, 5.41) is 10.7. The lowest BCUT2D eigenvalue weighted by Crippen LogP contribution is -2.46. The van der Waals surface area contributed by atoms with Gasteiger partial charge in [0.15, 0.2) is 6.29 Å². The maximum absolute atomic E-state index is 10.8. The number of hydrogen-bond donors (Lipinski definition) is 1. The molecule has 0 aromatic heterocycles. The number of carbonyl (C=O) groups excluding carboxylic acids is 1. The second kappa shape index (κ2) is 3.12. The Morgan fingerprint density at radius 1 is 1.29 bits per heavy atom. The Kier molecular flexibility index (Phi) is 1.94. The SMILES string of the molecule is NC1(C=O)N=NN=C1c1ccccc1. The second-order valence-corrected chi connectivity index (χ2v) is 2.95.